The largest absolute Gasteiger partial charge is 0.389 e. The van der Waals surface area contributed by atoms with Crippen molar-refractivity contribution in [2.45, 2.75) is 51.4 Å². The van der Waals surface area contributed by atoms with E-state index in [4.69, 9.17) is 9.26 Å². The average molecular weight is 345 g/mol. The molecule has 3 rings (SSSR count). The second kappa shape index (κ2) is 8.56. The number of hydrogen-bond acceptors (Lipinski definition) is 6. The van der Waals surface area contributed by atoms with Crippen LogP contribution < -0.4 is 0 Å². The highest BCUT2D eigenvalue weighted by Gasteiger charge is 2.31. The van der Waals surface area contributed by atoms with Crippen LogP contribution in [0.4, 0.5) is 0 Å². The number of hydrogen-bond donors (Lipinski definition) is 1. The van der Waals surface area contributed by atoms with E-state index >= 15 is 0 Å². The van der Waals surface area contributed by atoms with Gasteiger partial charge in [-0.1, -0.05) is 49.3 Å². The number of nitrogens with zero attached hydrogens (tertiary/aromatic N) is 3. The van der Waals surface area contributed by atoms with Crippen LogP contribution in [0.1, 0.15) is 55.9 Å². The van der Waals surface area contributed by atoms with Gasteiger partial charge in [-0.3, -0.25) is 4.90 Å². The molecule has 6 heteroatoms. The number of aliphatic hydroxyl groups excluding tert-OH is 1. The van der Waals surface area contributed by atoms with Crippen molar-refractivity contribution < 1.29 is 14.4 Å². The predicted octanol–water partition coefficient (Wildman–Crippen LogP) is 2.91. The van der Waals surface area contributed by atoms with Crippen LogP contribution in [0.25, 0.3) is 0 Å². The molecule has 0 amide bonds. The molecule has 0 spiro atoms. The molecular formula is C19H27N3O3. The molecule has 1 aromatic carbocycles. The van der Waals surface area contributed by atoms with Gasteiger partial charge in [0.1, 0.15) is 0 Å². The van der Waals surface area contributed by atoms with Crippen molar-refractivity contribution in [1.82, 2.24) is 15.0 Å². The van der Waals surface area contributed by atoms with E-state index in [1.54, 1.807) is 0 Å². The van der Waals surface area contributed by atoms with Crippen LogP contribution in [0, 0.1) is 0 Å². The highest BCUT2D eigenvalue weighted by molar-refractivity contribution is 5.13. The van der Waals surface area contributed by atoms with Gasteiger partial charge in [-0.2, -0.15) is 4.98 Å². The van der Waals surface area contributed by atoms with Gasteiger partial charge in [0, 0.05) is 12.5 Å². The monoisotopic (exact) mass is 345 g/mol. The van der Waals surface area contributed by atoms with Crippen molar-refractivity contribution in [3.8, 4) is 0 Å². The first-order valence-corrected chi connectivity index (χ1v) is 9.00. The van der Waals surface area contributed by atoms with Gasteiger partial charge in [0.2, 0.25) is 5.89 Å². The van der Waals surface area contributed by atoms with Crippen LogP contribution in [0.3, 0.4) is 0 Å². The SMILES string of the molecule is CC(C)c1nc(C2CCCN2CC(O)COCc2ccccc2)no1. The van der Waals surface area contributed by atoms with Gasteiger partial charge in [0.05, 0.1) is 25.4 Å². The standard InChI is InChI=1S/C19H27N3O3/c1-14(2)19-20-18(21-25-19)17-9-6-10-22(17)11-16(23)13-24-12-15-7-4-3-5-8-15/h3-5,7-8,14,16-17,23H,6,9-13H2,1-2H3. The molecule has 1 fully saturated rings. The van der Waals surface area contributed by atoms with Gasteiger partial charge in [0.15, 0.2) is 5.82 Å². The first-order chi connectivity index (χ1) is 12.1. The Morgan fingerprint density at radius 3 is 2.84 bits per heavy atom. The molecule has 136 valence electrons. The molecule has 2 atom stereocenters. The third-order valence-corrected chi connectivity index (χ3v) is 4.48. The number of likely N-dealkylation sites (tertiary alicyclic amines) is 1. The van der Waals surface area contributed by atoms with E-state index in [1.165, 1.54) is 0 Å². The summed E-state index contributed by atoms with van der Waals surface area (Å²) in [5.41, 5.74) is 1.11. The average Bonchev–Trinajstić information content (AvgIpc) is 3.24. The summed E-state index contributed by atoms with van der Waals surface area (Å²) in [7, 11) is 0. The fraction of sp³-hybridized carbons (Fsp3) is 0.579. The summed E-state index contributed by atoms with van der Waals surface area (Å²) < 4.78 is 11.0. The molecule has 1 aromatic heterocycles. The summed E-state index contributed by atoms with van der Waals surface area (Å²) in [6, 6.07) is 10.1. The molecule has 2 unspecified atom stereocenters. The lowest BCUT2D eigenvalue weighted by Crippen LogP contribution is -2.35. The summed E-state index contributed by atoms with van der Waals surface area (Å²) >= 11 is 0. The van der Waals surface area contributed by atoms with E-state index in [9.17, 15) is 5.11 Å². The molecule has 0 saturated carbocycles. The first kappa shape index (κ1) is 18.0. The highest BCUT2D eigenvalue weighted by atomic mass is 16.5. The lowest BCUT2D eigenvalue weighted by Gasteiger charge is -2.24. The highest BCUT2D eigenvalue weighted by Crippen LogP contribution is 2.30. The van der Waals surface area contributed by atoms with Crippen LogP contribution in [-0.2, 0) is 11.3 Å². The van der Waals surface area contributed by atoms with Crippen LogP contribution in [-0.4, -0.2) is 45.9 Å². The minimum Gasteiger partial charge on any atom is -0.389 e. The van der Waals surface area contributed by atoms with E-state index in [0.717, 1.165) is 30.8 Å². The van der Waals surface area contributed by atoms with Gasteiger partial charge in [-0.15, -0.1) is 0 Å². The van der Waals surface area contributed by atoms with Crippen molar-refractivity contribution in [2.24, 2.45) is 0 Å². The fourth-order valence-electron chi connectivity index (χ4n) is 3.16. The van der Waals surface area contributed by atoms with Crippen molar-refractivity contribution in [2.75, 3.05) is 19.7 Å². The van der Waals surface area contributed by atoms with Crippen molar-refractivity contribution >= 4 is 0 Å². The molecule has 25 heavy (non-hydrogen) atoms. The maximum Gasteiger partial charge on any atom is 0.229 e. The molecule has 6 nitrogen and oxygen atoms in total. The summed E-state index contributed by atoms with van der Waals surface area (Å²) in [4.78, 5) is 6.75. The predicted molar refractivity (Wildman–Crippen MR) is 94.0 cm³/mol. The van der Waals surface area contributed by atoms with Crippen LogP contribution in [0.5, 0.6) is 0 Å². The van der Waals surface area contributed by atoms with E-state index in [2.05, 4.69) is 15.0 Å². The Balaban J connectivity index is 1.48. The maximum atomic E-state index is 10.3. The quantitative estimate of drug-likeness (QED) is 0.793. The van der Waals surface area contributed by atoms with E-state index in [1.807, 2.05) is 44.2 Å². The molecule has 2 heterocycles. The molecule has 1 saturated heterocycles. The van der Waals surface area contributed by atoms with E-state index in [0.29, 0.717) is 25.6 Å². The Hall–Kier alpha value is -1.76. The molecule has 1 aliphatic rings. The summed E-state index contributed by atoms with van der Waals surface area (Å²) in [5, 5.41) is 14.5. The number of aromatic nitrogens is 2. The lowest BCUT2D eigenvalue weighted by molar-refractivity contribution is 0.00710. The molecule has 0 bridgehead atoms. The van der Waals surface area contributed by atoms with Crippen molar-refractivity contribution in [3.05, 3.63) is 47.6 Å². The molecule has 1 aliphatic heterocycles. The van der Waals surface area contributed by atoms with Gasteiger partial charge < -0.3 is 14.4 Å². The van der Waals surface area contributed by atoms with Crippen LogP contribution in [0.2, 0.25) is 0 Å². The molecular weight excluding hydrogens is 318 g/mol. The molecule has 1 N–H and O–H groups in total. The van der Waals surface area contributed by atoms with Crippen molar-refractivity contribution in [1.29, 1.82) is 0 Å². The Labute approximate surface area is 148 Å². The number of benzene rings is 1. The Morgan fingerprint density at radius 2 is 2.12 bits per heavy atom. The van der Waals surface area contributed by atoms with Crippen LogP contribution in [0.15, 0.2) is 34.9 Å². The Bertz CT molecular complexity index is 644. The van der Waals surface area contributed by atoms with E-state index in [-0.39, 0.29) is 12.0 Å². The Morgan fingerprint density at radius 1 is 1.32 bits per heavy atom. The third kappa shape index (κ3) is 4.87. The number of ether oxygens (including phenoxy) is 1. The zero-order valence-corrected chi connectivity index (χ0v) is 15.0. The van der Waals surface area contributed by atoms with Crippen molar-refractivity contribution in [3.63, 3.8) is 0 Å². The number of rotatable bonds is 8. The second-order valence-electron chi connectivity index (χ2n) is 6.95. The van der Waals surface area contributed by atoms with Gasteiger partial charge in [-0.25, -0.2) is 0 Å². The number of β-amino-alcohol motifs (C(OH)–C–C–N with tert-alkyl or cyclic N) is 1. The van der Waals surface area contributed by atoms with Crippen LogP contribution >= 0.6 is 0 Å². The molecule has 0 aliphatic carbocycles. The summed E-state index contributed by atoms with van der Waals surface area (Å²) in [5.74, 6) is 1.64. The first-order valence-electron chi connectivity index (χ1n) is 9.00. The normalized spacial score (nSPS) is 19.6. The third-order valence-electron chi connectivity index (χ3n) is 4.48. The smallest absolute Gasteiger partial charge is 0.229 e. The van der Waals surface area contributed by atoms with E-state index < -0.39 is 6.10 Å². The van der Waals surface area contributed by atoms with Gasteiger partial charge >= 0.3 is 0 Å². The zero-order chi connectivity index (χ0) is 17.6. The minimum absolute atomic E-state index is 0.125. The molecule has 2 aromatic rings. The molecule has 0 radical (unpaired) electrons. The van der Waals surface area contributed by atoms with Gasteiger partial charge in [0.25, 0.3) is 0 Å². The maximum absolute atomic E-state index is 10.3. The number of aliphatic hydroxyl groups is 1. The fourth-order valence-corrected chi connectivity index (χ4v) is 3.16. The lowest BCUT2D eigenvalue weighted by atomic mass is 10.2. The van der Waals surface area contributed by atoms with Gasteiger partial charge in [-0.05, 0) is 24.9 Å². The topological polar surface area (TPSA) is 71.6 Å². The second-order valence-corrected chi connectivity index (χ2v) is 6.95. The zero-order valence-electron chi connectivity index (χ0n) is 15.0. The minimum atomic E-state index is -0.527. The summed E-state index contributed by atoms with van der Waals surface area (Å²) in [6.45, 7) is 6.41. The summed E-state index contributed by atoms with van der Waals surface area (Å²) in [6.07, 6.45) is 1.54. The Kier molecular flexibility index (Phi) is 6.18.